The van der Waals surface area contributed by atoms with Gasteiger partial charge in [0, 0.05) is 35.6 Å². The van der Waals surface area contributed by atoms with Gasteiger partial charge in [-0.3, -0.25) is 9.69 Å². The minimum Gasteiger partial charge on any atom is -0.491 e. The number of hydrogen-bond acceptors (Lipinski definition) is 6. The zero-order chi connectivity index (χ0) is 26.1. The number of hydrogen-bond donors (Lipinski definition) is 1. The first-order chi connectivity index (χ1) is 18.5. The van der Waals surface area contributed by atoms with Gasteiger partial charge in [-0.25, -0.2) is 4.98 Å². The standard InChI is InChI=1S/C31H29N3O2S2.ClH/c1-20(2)36-23-14-12-22(13-15-23)29(35)33-31-28(30-32-25-10-6-7-11-26(25)37-30)24-16-17-34(19-27(24)38-31)18-21-8-4-3-5-9-21;/h3-15,20H,16-19H2,1-2H3,(H,33,35);1H. The van der Waals surface area contributed by atoms with Gasteiger partial charge in [-0.05, 0) is 67.8 Å². The van der Waals surface area contributed by atoms with Crippen molar-refractivity contribution in [2.24, 2.45) is 0 Å². The number of anilines is 1. The number of nitrogens with one attached hydrogen (secondary N) is 1. The van der Waals surface area contributed by atoms with Crippen molar-refractivity contribution in [1.82, 2.24) is 9.88 Å². The molecule has 0 saturated carbocycles. The Morgan fingerprint density at radius 3 is 2.49 bits per heavy atom. The first kappa shape index (κ1) is 27.3. The van der Waals surface area contributed by atoms with Gasteiger partial charge in [-0.1, -0.05) is 42.5 Å². The SMILES string of the molecule is CC(C)Oc1ccc(C(=O)Nc2sc3c(c2-c2nc4ccccc4s2)CCN(Cc2ccccc2)C3)cc1.Cl. The average Bonchev–Trinajstić information content (AvgIpc) is 3.49. The van der Waals surface area contributed by atoms with Crippen LogP contribution in [0.3, 0.4) is 0 Å². The summed E-state index contributed by atoms with van der Waals surface area (Å²) in [5.74, 6) is 0.639. The van der Waals surface area contributed by atoms with E-state index in [1.165, 1.54) is 16.0 Å². The van der Waals surface area contributed by atoms with Crippen LogP contribution in [0.15, 0.2) is 78.9 Å². The molecule has 1 N–H and O–H groups in total. The molecule has 200 valence electrons. The smallest absolute Gasteiger partial charge is 0.256 e. The number of halogens is 1. The van der Waals surface area contributed by atoms with Gasteiger partial charge >= 0.3 is 0 Å². The average molecular weight is 576 g/mol. The molecule has 0 fully saturated rings. The van der Waals surface area contributed by atoms with Crippen LogP contribution in [0.4, 0.5) is 5.00 Å². The van der Waals surface area contributed by atoms with Crippen molar-refractivity contribution in [3.05, 3.63) is 100 Å². The molecule has 5 nitrogen and oxygen atoms in total. The minimum atomic E-state index is -0.122. The first-order valence-corrected chi connectivity index (χ1v) is 14.5. The van der Waals surface area contributed by atoms with Gasteiger partial charge in [0.25, 0.3) is 5.91 Å². The zero-order valence-electron chi connectivity index (χ0n) is 21.8. The Bertz CT molecular complexity index is 1550. The van der Waals surface area contributed by atoms with E-state index >= 15 is 0 Å². The van der Waals surface area contributed by atoms with Gasteiger partial charge < -0.3 is 10.1 Å². The summed E-state index contributed by atoms with van der Waals surface area (Å²) in [6.07, 6.45) is 1.02. The molecule has 0 atom stereocenters. The molecule has 0 saturated heterocycles. The van der Waals surface area contributed by atoms with Crippen molar-refractivity contribution in [2.75, 3.05) is 11.9 Å². The van der Waals surface area contributed by atoms with Crippen molar-refractivity contribution in [2.45, 2.75) is 39.5 Å². The fraction of sp³-hybridized carbons (Fsp3) is 0.226. The summed E-state index contributed by atoms with van der Waals surface area (Å²) in [5.41, 5.74) is 5.31. The Morgan fingerprint density at radius 2 is 1.74 bits per heavy atom. The molecule has 1 amide bonds. The quantitative estimate of drug-likeness (QED) is 0.213. The van der Waals surface area contributed by atoms with Crippen LogP contribution in [0, 0.1) is 0 Å². The molecule has 0 bridgehead atoms. The van der Waals surface area contributed by atoms with Crippen molar-refractivity contribution >= 4 is 56.2 Å². The van der Waals surface area contributed by atoms with Gasteiger partial charge in [0.1, 0.15) is 15.8 Å². The minimum absolute atomic E-state index is 0. The van der Waals surface area contributed by atoms with Crippen molar-refractivity contribution in [3.8, 4) is 16.3 Å². The summed E-state index contributed by atoms with van der Waals surface area (Å²) in [5, 5.41) is 5.09. The molecule has 39 heavy (non-hydrogen) atoms. The number of carbonyl (C=O) groups is 1. The Morgan fingerprint density at radius 1 is 1.00 bits per heavy atom. The second kappa shape index (κ2) is 11.9. The highest BCUT2D eigenvalue weighted by atomic mass is 35.5. The normalized spacial score (nSPS) is 13.2. The lowest BCUT2D eigenvalue weighted by atomic mass is 10.0. The van der Waals surface area contributed by atoms with Crippen molar-refractivity contribution in [3.63, 3.8) is 0 Å². The molecule has 3 heterocycles. The number of ether oxygens (including phenoxy) is 1. The summed E-state index contributed by atoms with van der Waals surface area (Å²) in [4.78, 5) is 22.1. The maximum atomic E-state index is 13.3. The number of nitrogens with zero attached hydrogens (tertiary/aromatic N) is 2. The highest BCUT2D eigenvalue weighted by Gasteiger charge is 2.28. The number of thiophene rings is 1. The first-order valence-electron chi connectivity index (χ1n) is 12.9. The highest BCUT2D eigenvalue weighted by Crippen LogP contribution is 2.46. The van der Waals surface area contributed by atoms with Gasteiger partial charge in [0.15, 0.2) is 0 Å². The predicted molar refractivity (Wildman–Crippen MR) is 165 cm³/mol. The topological polar surface area (TPSA) is 54.5 Å². The molecule has 0 spiro atoms. The lowest BCUT2D eigenvalue weighted by Gasteiger charge is -2.27. The third kappa shape index (κ3) is 6.02. The molecule has 3 aromatic carbocycles. The third-order valence-corrected chi connectivity index (χ3v) is 8.79. The van der Waals surface area contributed by atoms with Crippen LogP contribution in [-0.2, 0) is 19.5 Å². The Labute approximate surface area is 242 Å². The molecule has 0 aliphatic carbocycles. The van der Waals surface area contributed by atoms with E-state index in [4.69, 9.17) is 9.72 Å². The second-order valence-corrected chi connectivity index (χ2v) is 11.9. The molecule has 2 aromatic heterocycles. The van der Waals surface area contributed by atoms with Crippen LogP contribution in [-0.4, -0.2) is 28.4 Å². The van der Waals surface area contributed by atoms with Gasteiger partial charge in [-0.15, -0.1) is 35.1 Å². The highest BCUT2D eigenvalue weighted by molar-refractivity contribution is 7.23. The maximum Gasteiger partial charge on any atom is 0.256 e. The van der Waals surface area contributed by atoms with E-state index in [1.807, 2.05) is 50.2 Å². The van der Waals surface area contributed by atoms with Crippen LogP contribution in [0.25, 0.3) is 20.8 Å². The second-order valence-electron chi connectivity index (χ2n) is 9.79. The number of aromatic nitrogens is 1. The number of para-hydroxylation sites is 1. The largest absolute Gasteiger partial charge is 0.491 e. The van der Waals surface area contributed by atoms with Crippen LogP contribution >= 0.6 is 35.1 Å². The molecule has 6 rings (SSSR count). The van der Waals surface area contributed by atoms with Crippen molar-refractivity contribution in [1.29, 1.82) is 0 Å². The van der Waals surface area contributed by atoms with Gasteiger partial charge in [0.2, 0.25) is 0 Å². The summed E-state index contributed by atoms with van der Waals surface area (Å²) >= 11 is 3.37. The van der Waals surface area contributed by atoms with E-state index in [0.717, 1.165) is 57.6 Å². The van der Waals surface area contributed by atoms with E-state index in [1.54, 1.807) is 22.7 Å². The number of amides is 1. The van der Waals surface area contributed by atoms with E-state index in [2.05, 4.69) is 52.7 Å². The summed E-state index contributed by atoms with van der Waals surface area (Å²) in [6, 6.07) is 26.2. The van der Waals surface area contributed by atoms with E-state index in [0.29, 0.717) is 5.56 Å². The molecule has 0 unspecified atom stereocenters. The lowest BCUT2D eigenvalue weighted by Crippen LogP contribution is -2.29. The Kier molecular flexibility index (Phi) is 8.33. The van der Waals surface area contributed by atoms with Crippen LogP contribution < -0.4 is 10.1 Å². The zero-order valence-corrected chi connectivity index (χ0v) is 24.3. The molecule has 1 aliphatic heterocycles. The monoisotopic (exact) mass is 575 g/mol. The molecule has 0 radical (unpaired) electrons. The van der Waals surface area contributed by atoms with Gasteiger partial charge in [-0.2, -0.15) is 0 Å². The van der Waals surface area contributed by atoms with E-state index in [9.17, 15) is 4.79 Å². The summed E-state index contributed by atoms with van der Waals surface area (Å²) in [6.45, 7) is 6.74. The fourth-order valence-electron chi connectivity index (χ4n) is 4.86. The number of benzene rings is 3. The molecule has 1 aliphatic rings. The number of carbonyl (C=O) groups excluding carboxylic acids is 1. The van der Waals surface area contributed by atoms with Crippen LogP contribution in [0.2, 0.25) is 0 Å². The number of rotatable bonds is 7. The lowest BCUT2D eigenvalue weighted by molar-refractivity contribution is 0.102. The number of fused-ring (bicyclic) bond motifs is 2. The van der Waals surface area contributed by atoms with Gasteiger partial charge in [0.05, 0.1) is 16.3 Å². The number of thiazole rings is 1. The molecule has 8 heteroatoms. The van der Waals surface area contributed by atoms with Crippen molar-refractivity contribution < 1.29 is 9.53 Å². The molecular weight excluding hydrogens is 546 g/mol. The molecule has 5 aromatic rings. The summed E-state index contributed by atoms with van der Waals surface area (Å²) in [7, 11) is 0. The van der Waals surface area contributed by atoms with Crippen LogP contribution in [0.5, 0.6) is 5.75 Å². The molecular formula is C31H30ClN3O2S2. The Balaban J connectivity index is 0.00000308. The Hall–Kier alpha value is -3.23. The third-order valence-electron chi connectivity index (χ3n) is 6.61. The maximum absolute atomic E-state index is 13.3. The van der Waals surface area contributed by atoms with E-state index < -0.39 is 0 Å². The predicted octanol–water partition coefficient (Wildman–Crippen LogP) is 8.04. The fourth-order valence-corrected chi connectivity index (χ4v) is 7.25. The van der Waals surface area contributed by atoms with E-state index in [-0.39, 0.29) is 24.4 Å². The van der Waals surface area contributed by atoms with Crippen LogP contribution in [0.1, 0.15) is 40.2 Å². The summed E-state index contributed by atoms with van der Waals surface area (Å²) < 4.78 is 6.89.